The van der Waals surface area contributed by atoms with Crippen molar-refractivity contribution in [1.29, 1.82) is 0 Å². The van der Waals surface area contributed by atoms with Crippen molar-refractivity contribution in [2.24, 2.45) is 0 Å². The maximum atomic E-state index is 12.2. The zero-order valence-electron chi connectivity index (χ0n) is 14.2. The number of carbonyl (C=O) groups excluding carboxylic acids is 1. The lowest BCUT2D eigenvalue weighted by Crippen LogP contribution is -2.37. The van der Waals surface area contributed by atoms with Gasteiger partial charge in [0.05, 0.1) is 6.26 Å². The first-order valence-corrected chi connectivity index (χ1v) is 10.0. The van der Waals surface area contributed by atoms with E-state index in [1.54, 1.807) is 36.4 Å². The first-order valence-electron chi connectivity index (χ1n) is 7.81. The van der Waals surface area contributed by atoms with Gasteiger partial charge in [-0.25, -0.2) is 8.42 Å². The van der Waals surface area contributed by atoms with Crippen molar-refractivity contribution in [2.45, 2.75) is 13.5 Å². The highest BCUT2D eigenvalue weighted by atomic mass is 35.5. The van der Waals surface area contributed by atoms with Gasteiger partial charge >= 0.3 is 0 Å². The molecular weight excluding hydrogens is 360 g/mol. The van der Waals surface area contributed by atoms with Crippen LogP contribution in [0.4, 0.5) is 0 Å². The Bertz CT molecular complexity index is 836. The van der Waals surface area contributed by atoms with Gasteiger partial charge in [0, 0.05) is 30.2 Å². The average Bonchev–Trinajstić information content (AvgIpc) is 2.55. The van der Waals surface area contributed by atoms with E-state index in [1.807, 2.05) is 19.1 Å². The molecule has 0 aliphatic carbocycles. The highest BCUT2D eigenvalue weighted by Crippen LogP contribution is 2.13. The van der Waals surface area contributed by atoms with Crippen molar-refractivity contribution in [1.82, 2.24) is 9.62 Å². The molecule has 5 nitrogen and oxygen atoms in total. The van der Waals surface area contributed by atoms with E-state index in [2.05, 4.69) is 5.32 Å². The van der Waals surface area contributed by atoms with Gasteiger partial charge in [-0.05, 0) is 36.2 Å². The average molecular weight is 381 g/mol. The standard InChI is InChI=1S/C18H21ClN2O3S/c1-14-5-3-4-6-17(14)18(22)20-11-12-21(25(2,23)24)13-15-7-9-16(19)10-8-15/h3-10H,11-13H2,1-2H3,(H,20,22). The normalized spacial score (nSPS) is 11.5. The van der Waals surface area contributed by atoms with Crippen molar-refractivity contribution >= 4 is 27.5 Å². The van der Waals surface area contributed by atoms with Crippen LogP contribution >= 0.6 is 11.6 Å². The van der Waals surface area contributed by atoms with Gasteiger partial charge in [0.25, 0.3) is 5.91 Å². The fourth-order valence-electron chi connectivity index (χ4n) is 2.37. The third kappa shape index (κ3) is 5.85. The fraction of sp³-hybridized carbons (Fsp3) is 0.278. The Morgan fingerprint density at radius 1 is 1.12 bits per heavy atom. The second-order valence-corrected chi connectivity index (χ2v) is 8.21. The van der Waals surface area contributed by atoms with E-state index in [0.717, 1.165) is 17.4 Å². The Kier molecular flexibility index (Phi) is 6.58. The van der Waals surface area contributed by atoms with E-state index in [1.165, 1.54) is 4.31 Å². The number of hydrogen-bond acceptors (Lipinski definition) is 3. The number of sulfonamides is 1. The molecule has 0 aliphatic rings. The molecule has 2 aromatic rings. The second-order valence-electron chi connectivity index (χ2n) is 5.79. The fourth-order valence-corrected chi connectivity index (χ4v) is 3.31. The Morgan fingerprint density at radius 2 is 1.76 bits per heavy atom. The number of hydrogen-bond donors (Lipinski definition) is 1. The predicted octanol–water partition coefficient (Wildman–Crippen LogP) is 2.84. The quantitative estimate of drug-likeness (QED) is 0.803. The second kappa shape index (κ2) is 8.47. The van der Waals surface area contributed by atoms with Crippen molar-refractivity contribution in [2.75, 3.05) is 19.3 Å². The largest absolute Gasteiger partial charge is 0.351 e. The Hall–Kier alpha value is -1.89. The number of nitrogens with zero attached hydrogens (tertiary/aromatic N) is 1. The van der Waals surface area contributed by atoms with Crippen LogP contribution in [0.3, 0.4) is 0 Å². The number of benzene rings is 2. The van der Waals surface area contributed by atoms with E-state index < -0.39 is 10.0 Å². The summed E-state index contributed by atoms with van der Waals surface area (Å²) in [4.78, 5) is 12.2. The van der Waals surface area contributed by atoms with Crippen molar-refractivity contribution in [3.63, 3.8) is 0 Å². The molecule has 0 aliphatic heterocycles. The van der Waals surface area contributed by atoms with Crippen LogP contribution in [0.2, 0.25) is 5.02 Å². The number of aryl methyl sites for hydroxylation is 1. The number of nitrogens with one attached hydrogen (secondary N) is 1. The third-order valence-electron chi connectivity index (χ3n) is 3.78. The van der Waals surface area contributed by atoms with Gasteiger partial charge < -0.3 is 5.32 Å². The maximum Gasteiger partial charge on any atom is 0.251 e. The molecule has 0 aromatic heterocycles. The SMILES string of the molecule is Cc1ccccc1C(=O)NCCN(Cc1ccc(Cl)cc1)S(C)(=O)=O. The summed E-state index contributed by atoms with van der Waals surface area (Å²) in [6, 6.07) is 14.3. The summed E-state index contributed by atoms with van der Waals surface area (Å²) in [5, 5.41) is 3.37. The van der Waals surface area contributed by atoms with E-state index in [-0.39, 0.29) is 25.5 Å². The molecule has 0 saturated carbocycles. The van der Waals surface area contributed by atoms with Crippen LogP contribution in [-0.4, -0.2) is 38.0 Å². The molecule has 0 fully saturated rings. The van der Waals surface area contributed by atoms with Gasteiger partial charge in [-0.15, -0.1) is 0 Å². The summed E-state index contributed by atoms with van der Waals surface area (Å²) in [5.41, 5.74) is 2.30. The Morgan fingerprint density at radius 3 is 2.36 bits per heavy atom. The molecule has 0 radical (unpaired) electrons. The Labute approximate surface area is 153 Å². The highest BCUT2D eigenvalue weighted by Gasteiger charge is 2.17. The minimum Gasteiger partial charge on any atom is -0.351 e. The number of carbonyl (C=O) groups is 1. The van der Waals surface area contributed by atoms with Gasteiger partial charge in [-0.1, -0.05) is 41.9 Å². The molecule has 25 heavy (non-hydrogen) atoms. The van der Waals surface area contributed by atoms with Crippen molar-refractivity contribution in [3.05, 3.63) is 70.2 Å². The summed E-state index contributed by atoms with van der Waals surface area (Å²) in [6.45, 7) is 2.52. The van der Waals surface area contributed by atoms with Gasteiger partial charge in [0.15, 0.2) is 0 Å². The molecule has 1 N–H and O–H groups in total. The smallest absolute Gasteiger partial charge is 0.251 e. The first kappa shape index (κ1) is 19.4. The molecule has 0 bridgehead atoms. The zero-order valence-corrected chi connectivity index (χ0v) is 15.8. The van der Waals surface area contributed by atoms with E-state index in [0.29, 0.717) is 10.6 Å². The summed E-state index contributed by atoms with van der Waals surface area (Å²) < 4.78 is 25.3. The lowest BCUT2D eigenvalue weighted by Gasteiger charge is -2.20. The molecule has 2 aromatic carbocycles. The van der Waals surface area contributed by atoms with Crippen molar-refractivity contribution in [3.8, 4) is 0 Å². The lowest BCUT2D eigenvalue weighted by atomic mass is 10.1. The number of amides is 1. The van der Waals surface area contributed by atoms with Gasteiger partial charge in [0.1, 0.15) is 0 Å². The van der Waals surface area contributed by atoms with Crippen molar-refractivity contribution < 1.29 is 13.2 Å². The zero-order chi connectivity index (χ0) is 18.4. The van der Waals surface area contributed by atoms with Crippen LogP contribution in [-0.2, 0) is 16.6 Å². The molecule has 1 amide bonds. The lowest BCUT2D eigenvalue weighted by molar-refractivity contribution is 0.0951. The number of rotatable bonds is 7. The summed E-state index contributed by atoms with van der Waals surface area (Å²) in [6.07, 6.45) is 1.16. The monoisotopic (exact) mass is 380 g/mol. The predicted molar refractivity (Wildman–Crippen MR) is 100 cm³/mol. The van der Waals surface area contributed by atoms with Crippen LogP contribution < -0.4 is 5.32 Å². The maximum absolute atomic E-state index is 12.2. The highest BCUT2D eigenvalue weighted by molar-refractivity contribution is 7.88. The minimum atomic E-state index is -3.39. The molecule has 134 valence electrons. The molecule has 2 rings (SSSR count). The summed E-state index contributed by atoms with van der Waals surface area (Å²) in [5.74, 6) is -0.210. The molecule has 0 spiro atoms. The topological polar surface area (TPSA) is 66.5 Å². The van der Waals surface area contributed by atoms with E-state index in [9.17, 15) is 13.2 Å². The van der Waals surface area contributed by atoms with Crippen LogP contribution in [0.25, 0.3) is 0 Å². The van der Waals surface area contributed by atoms with E-state index in [4.69, 9.17) is 11.6 Å². The summed E-state index contributed by atoms with van der Waals surface area (Å²) in [7, 11) is -3.39. The molecule has 0 atom stereocenters. The van der Waals surface area contributed by atoms with Gasteiger partial charge in [-0.3, -0.25) is 4.79 Å². The molecule has 0 saturated heterocycles. The molecule has 0 heterocycles. The molecule has 7 heteroatoms. The van der Waals surface area contributed by atoms with Crippen LogP contribution in [0.5, 0.6) is 0 Å². The summed E-state index contributed by atoms with van der Waals surface area (Å²) >= 11 is 5.85. The molecule has 0 unspecified atom stereocenters. The molecular formula is C18H21ClN2O3S. The van der Waals surface area contributed by atoms with Crippen LogP contribution in [0, 0.1) is 6.92 Å². The van der Waals surface area contributed by atoms with Gasteiger partial charge in [-0.2, -0.15) is 4.31 Å². The minimum absolute atomic E-state index is 0.194. The van der Waals surface area contributed by atoms with E-state index >= 15 is 0 Å². The Balaban J connectivity index is 1.98. The number of halogens is 1. The van der Waals surface area contributed by atoms with Gasteiger partial charge in [0.2, 0.25) is 10.0 Å². The van der Waals surface area contributed by atoms with Crippen LogP contribution in [0.15, 0.2) is 48.5 Å². The third-order valence-corrected chi connectivity index (χ3v) is 5.28. The van der Waals surface area contributed by atoms with Crippen LogP contribution in [0.1, 0.15) is 21.5 Å². The first-order chi connectivity index (χ1) is 11.8.